The lowest BCUT2D eigenvalue weighted by Crippen LogP contribution is -2.43. The summed E-state index contributed by atoms with van der Waals surface area (Å²) >= 11 is 0. The Morgan fingerprint density at radius 2 is 1.63 bits per heavy atom. The molecule has 6 heteroatoms. The van der Waals surface area contributed by atoms with Crippen LogP contribution in [0.2, 0.25) is 0 Å². The number of rotatable bonds is 4. The van der Waals surface area contributed by atoms with E-state index in [9.17, 15) is 13.2 Å². The highest BCUT2D eigenvalue weighted by molar-refractivity contribution is 7.92. The van der Waals surface area contributed by atoms with E-state index >= 15 is 0 Å². The van der Waals surface area contributed by atoms with Crippen molar-refractivity contribution in [3.8, 4) is 0 Å². The molecule has 1 aromatic carbocycles. The molecule has 0 saturated heterocycles. The van der Waals surface area contributed by atoms with E-state index in [0.717, 1.165) is 27.3 Å². The quantitative estimate of drug-likeness (QED) is 0.916. The summed E-state index contributed by atoms with van der Waals surface area (Å²) in [7, 11) is -3.67. The maximum Gasteiger partial charge on any atom is 0.327 e. The molecule has 0 aliphatic rings. The normalized spacial score (nSPS) is 13.1. The van der Waals surface area contributed by atoms with Gasteiger partial charge in [-0.15, -0.1) is 0 Å². The largest absolute Gasteiger partial charge is 0.480 e. The number of hydrogen-bond acceptors (Lipinski definition) is 3. The minimum Gasteiger partial charge on any atom is -0.480 e. The first kappa shape index (κ1) is 15.5. The van der Waals surface area contributed by atoms with Crippen LogP contribution in [0.25, 0.3) is 0 Å². The van der Waals surface area contributed by atoms with Gasteiger partial charge in [0, 0.05) is 0 Å². The zero-order chi connectivity index (χ0) is 15.0. The molecule has 1 atom stereocenters. The van der Waals surface area contributed by atoms with Crippen molar-refractivity contribution < 1.29 is 18.3 Å². The molecule has 106 valence electrons. The standard InChI is InChI=1S/C13H19NO4S/c1-8-6-9(2)12(10(3)7-8)14(19(5,17)18)11(4)13(15)16/h6-7,11H,1-5H3,(H,15,16). The van der Waals surface area contributed by atoms with Crippen LogP contribution in [0, 0.1) is 20.8 Å². The molecule has 5 nitrogen and oxygen atoms in total. The van der Waals surface area contributed by atoms with Crippen LogP contribution in [0.15, 0.2) is 12.1 Å². The van der Waals surface area contributed by atoms with Crippen molar-refractivity contribution in [2.45, 2.75) is 33.7 Å². The monoisotopic (exact) mass is 285 g/mol. The molecule has 0 saturated carbocycles. The molecule has 0 aliphatic carbocycles. The Morgan fingerprint density at radius 1 is 1.21 bits per heavy atom. The van der Waals surface area contributed by atoms with Crippen molar-refractivity contribution in [1.82, 2.24) is 0 Å². The zero-order valence-electron chi connectivity index (χ0n) is 11.8. The van der Waals surface area contributed by atoms with Gasteiger partial charge in [0.15, 0.2) is 0 Å². The van der Waals surface area contributed by atoms with E-state index < -0.39 is 22.0 Å². The number of hydrogen-bond donors (Lipinski definition) is 1. The molecular weight excluding hydrogens is 266 g/mol. The van der Waals surface area contributed by atoms with Gasteiger partial charge in [0.25, 0.3) is 0 Å². The second-order valence-electron chi connectivity index (χ2n) is 4.82. The van der Waals surface area contributed by atoms with Crippen molar-refractivity contribution in [1.29, 1.82) is 0 Å². The maximum atomic E-state index is 11.9. The molecule has 1 N–H and O–H groups in total. The number of sulfonamides is 1. The summed E-state index contributed by atoms with van der Waals surface area (Å²) in [4.78, 5) is 11.1. The van der Waals surface area contributed by atoms with Gasteiger partial charge >= 0.3 is 5.97 Å². The number of aliphatic carboxylic acids is 1. The van der Waals surface area contributed by atoms with Crippen LogP contribution in [-0.2, 0) is 14.8 Å². The molecular formula is C13H19NO4S. The van der Waals surface area contributed by atoms with Crippen molar-refractivity contribution in [2.24, 2.45) is 0 Å². The molecule has 0 fully saturated rings. The first-order valence-electron chi connectivity index (χ1n) is 5.85. The molecule has 1 aromatic rings. The molecule has 0 radical (unpaired) electrons. The first-order valence-corrected chi connectivity index (χ1v) is 7.70. The molecule has 1 unspecified atom stereocenters. The predicted molar refractivity (Wildman–Crippen MR) is 75.1 cm³/mol. The van der Waals surface area contributed by atoms with E-state index in [0.29, 0.717) is 5.69 Å². The molecule has 0 heterocycles. The van der Waals surface area contributed by atoms with Gasteiger partial charge in [0.05, 0.1) is 11.9 Å². The van der Waals surface area contributed by atoms with Crippen LogP contribution < -0.4 is 4.31 Å². The van der Waals surface area contributed by atoms with Gasteiger partial charge in [-0.2, -0.15) is 0 Å². The van der Waals surface area contributed by atoms with Crippen LogP contribution in [0.4, 0.5) is 5.69 Å². The third-order valence-electron chi connectivity index (χ3n) is 2.92. The van der Waals surface area contributed by atoms with E-state index in [4.69, 9.17) is 5.11 Å². The van der Waals surface area contributed by atoms with Crippen LogP contribution >= 0.6 is 0 Å². The zero-order valence-corrected chi connectivity index (χ0v) is 12.6. The van der Waals surface area contributed by atoms with Gasteiger partial charge < -0.3 is 5.11 Å². The second-order valence-corrected chi connectivity index (χ2v) is 6.68. The Labute approximate surface area is 113 Å². The van der Waals surface area contributed by atoms with Gasteiger partial charge in [0.2, 0.25) is 10.0 Å². The summed E-state index contributed by atoms with van der Waals surface area (Å²) in [5.74, 6) is -1.18. The number of carbonyl (C=O) groups is 1. The number of anilines is 1. The van der Waals surface area contributed by atoms with E-state index in [2.05, 4.69) is 0 Å². The molecule has 19 heavy (non-hydrogen) atoms. The fourth-order valence-electron chi connectivity index (χ4n) is 2.27. The molecule has 0 bridgehead atoms. The van der Waals surface area contributed by atoms with Gasteiger partial charge in [-0.3, -0.25) is 4.31 Å². The highest BCUT2D eigenvalue weighted by Crippen LogP contribution is 2.30. The van der Waals surface area contributed by atoms with E-state index in [1.165, 1.54) is 6.92 Å². The Hall–Kier alpha value is -1.56. The Morgan fingerprint density at radius 3 is 1.95 bits per heavy atom. The van der Waals surface area contributed by atoms with Crippen LogP contribution in [-0.4, -0.2) is 31.8 Å². The number of benzene rings is 1. The summed E-state index contributed by atoms with van der Waals surface area (Å²) in [5.41, 5.74) is 2.95. The smallest absolute Gasteiger partial charge is 0.327 e. The number of carboxylic acid groups (broad SMARTS) is 1. The van der Waals surface area contributed by atoms with Crippen molar-refractivity contribution in [3.05, 3.63) is 28.8 Å². The topological polar surface area (TPSA) is 74.7 Å². The fraction of sp³-hybridized carbons (Fsp3) is 0.462. The summed E-state index contributed by atoms with van der Waals surface area (Å²) in [6, 6.07) is 2.54. The lowest BCUT2D eigenvalue weighted by atomic mass is 10.0. The Bertz CT molecular complexity index is 584. The van der Waals surface area contributed by atoms with Crippen molar-refractivity contribution in [2.75, 3.05) is 10.6 Å². The molecule has 0 spiro atoms. The molecule has 1 rings (SSSR count). The highest BCUT2D eigenvalue weighted by atomic mass is 32.2. The van der Waals surface area contributed by atoms with E-state index in [1.54, 1.807) is 13.8 Å². The SMILES string of the molecule is Cc1cc(C)c(N(C(C)C(=O)O)S(C)(=O)=O)c(C)c1. The van der Waals surface area contributed by atoms with Crippen LogP contribution in [0.3, 0.4) is 0 Å². The Kier molecular flexibility index (Phi) is 4.25. The lowest BCUT2D eigenvalue weighted by Gasteiger charge is -2.29. The van der Waals surface area contributed by atoms with Gasteiger partial charge in [-0.1, -0.05) is 17.7 Å². The second kappa shape index (κ2) is 5.21. The maximum absolute atomic E-state index is 11.9. The van der Waals surface area contributed by atoms with Crippen LogP contribution in [0.5, 0.6) is 0 Å². The number of nitrogens with zero attached hydrogens (tertiary/aromatic N) is 1. The van der Waals surface area contributed by atoms with Crippen LogP contribution in [0.1, 0.15) is 23.6 Å². The third kappa shape index (κ3) is 3.26. The molecule has 0 aliphatic heterocycles. The Balaban J connectivity index is 3.56. The predicted octanol–water partition coefficient (Wildman–Crippen LogP) is 1.85. The summed E-state index contributed by atoms with van der Waals surface area (Å²) in [6.45, 7) is 6.83. The van der Waals surface area contributed by atoms with Gasteiger partial charge in [-0.05, 0) is 38.8 Å². The average Bonchev–Trinajstić information content (AvgIpc) is 2.20. The highest BCUT2D eigenvalue weighted by Gasteiger charge is 2.30. The minimum absolute atomic E-state index is 0.447. The van der Waals surface area contributed by atoms with Crippen molar-refractivity contribution in [3.63, 3.8) is 0 Å². The fourth-order valence-corrected chi connectivity index (χ4v) is 3.55. The van der Waals surface area contributed by atoms with Gasteiger partial charge in [0.1, 0.15) is 6.04 Å². The number of carboxylic acids is 1. The average molecular weight is 285 g/mol. The molecule has 0 aromatic heterocycles. The summed E-state index contributed by atoms with van der Waals surface area (Å²) < 4.78 is 24.8. The van der Waals surface area contributed by atoms with Crippen molar-refractivity contribution >= 4 is 21.7 Å². The third-order valence-corrected chi connectivity index (χ3v) is 4.14. The lowest BCUT2D eigenvalue weighted by molar-refractivity contribution is -0.137. The minimum atomic E-state index is -3.67. The van der Waals surface area contributed by atoms with Gasteiger partial charge in [-0.25, -0.2) is 13.2 Å². The first-order chi connectivity index (χ1) is 8.55. The van der Waals surface area contributed by atoms with E-state index in [-0.39, 0.29) is 0 Å². The summed E-state index contributed by atoms with van der Waals surface area (Å²) in [5, 5.41) is 9.11. The molecule has 0 amide bonds. The van der Waals surface area contributed by atoms with E-state index in [1.807, 2.05) is 19.1 Å². The number of aryl methyl sites for hydroxylation is 3. The summed E-state index contributed by atoms with van der Waals surface area (Å²) in [6.07, 6.45) is 1.02.